The van der Waals surface area contributed by atoms with Crippen molar-refractivity contribution in [2.75, 3.05) is 6.54 Å². The predicted octanol–water partition coefficient (Wildman–Crippen LogP) is 0.341. The Morgan fingerprint density at radius 1 is 1.43 bits per heavy atom. The van der Waals surface area contributed by atoms with Crippen molar-refractivity contribution in [2.24, 2.45) is 11.7 Å². The minimum absolute atomic E-state index is 0.00963. The van der Waals surface area contributed by atoms with Crippen LogP contribution in [0.4, 0.5) is 4.79 Å². The summed E-state index contributed by atoms with van der Waals surface area (Å²) in [5, 5.41) is 10.6. The fourth-order valence-corrected chi connectivity index (χ4v) is 1.89. The van der Waals surface area contributed by atoms with Crippen LogP contribution >= 0.6 is 0 Å². The van der Waals surface area contributed by atoms with Gasteiger partial charge in [0.2, 0.25) is 0 Å². The second-order valence-electron chi connectivity index (χ2n) is 3.62. The maximum atomic E-state index is 11.7. The molecule has 1 unspecified atom stereocenters. The van der Waals surface area contributed by atoms with Crippen molar-refractivity contribution in [2.45, 2.75) is 31.7 Å². The van der Waals surface area contributed by atoms with Crippen molar-refractivity contribution in [3.8, 4) is 0 Å². The zero-order chi connectivity index (χ0) is 10.6. The first kappa shape index (κ1) is 11.0. The Balaban J connectivity index is 2.50. The molecule has 5 heteroatoms. The number of carbonyl (C=O) groups is 2. The van der Waals surface area contributed by atoms with E-state index in [-0.39, 0.29) is 18.2 Å². The number of ketones is 1. The molecule has 80 valence electrons. The van der Waals surface area contributed by atoms with E-state index in [0.29, 0.717) is 0 Å². The lowest BCUT2D eigenvalue weighted by Crippen LogP contribution is -2.47. The van der Waals surface area contributed by atoms with E-state index in [1.54, 1.807) is 0 Å². The molecule has 0 aromatic rings. The number of hydrogen-bond acceptors (Lipinski definition) is 3. The van der Waals surface area contributed by atoms with Gasteiger partial charge in [-0.15, -0.1) is 0 Å². The van der Waals surface area contributed by atoms with Gasteiger partial charge in [0.1, 0.15) is 6.04 Å². The average Bonchev–Trinajstić information content (AvgIpc) is 2.65. The van der Waals surface area contributed by atoms with Gasteiger partial charge in [0.25, 0.3) is 0 Å². The summed E-state index contributed by atoms with van der Waals surface area (Å²) in [4.78, 5) is 22.1. The van der Waals surface area contributed by atoms with Crippen LogP contribution in [0, 0.1) is 5.92 Å². The molecule has 14 heavy (non-hydrogen) atoms. The van der Waals surface area contributed by atoms with E-state index < -0.39 is 12.1 Å². The summed E-state index contributed by atoms with van der Waals surface area (Å²) in [5.41, 5.74) is 5.34. The van der Waals surface area contributed by atoms with E-state index in [2.05, 4.69) is 5.32 Å². The maximum absolute atomic E-state index is 11.7. The highest BCUT2D eigenvalue weighted by Gasteiger charge is 2.29. The SMILES string of the molecule is NCC(NC(=O)O)C(=O)C1CCCC1. The Morgan fingerprint density at radius 2 is 2.00 bits per heavy atom. The van der Waals surface area contributed by atoms with Crippen LogP contribution < -0.4 is 11.1 Å². The quantitative estimate of drug-likeness (QED) is 0.610. The number of hydrogen-bond donors (Lipinski definition) is 3. The number of nitrogens with one attached hydrogen (secondary N) is 1. The number of Topliss-reactive ketones (excluding diaryl/α,β-unsaturated/α-hetero) is 1. The first-order chi connectivity index (χ1) is 6.65. The second-order valence-corrected chi connectivity index (χ2v) is 3.62. The molecule has 0 radical (unpaired) electrons. The fourth-order valence-electron chi connectivity index (χ4n) is 1.89. The van der Waals surface area contributed by atoms with Crippen LogP contribution in [-0.4, -0.2) is 29.6 Å². The third-order valence-electron chi connectivity index (χ3n) is 2.63. The standard InChI is InChI=1S/C9H16N2O3/c10-5-7(11-9(13)14)8(12)6-3-1-2-4-6/h6-7,11H,1-5,10H2,(H,13,14). The zero-order valence-electron chi connectivity index (χ0n) is 8.03. The zero-order valence-corrected chi connectivity index (χ0v) is 8.03. The highest BCUT2D eigenvalue weighted by Crippen LogP contribution is 2.26. The fraction of sp³-hybridized carbons (Fsp3) is 0.778. The van der Waals surface area contributed by atoms with Gasteiger partial charge < -0.3 is 16.2 Å². The molecule has 0 heterocycles. The van der Waals surface area contributed by atoms with Crippen LogP contribution in [0.5, 0.6) is 0 Å². The number of amides is 1. The summed E-state index contributed by atoms with van der Waals surface area (Å²) in [6, 6.07) is -0.726. The van der Waals surface area contributed by atoms with Crippen LogP contribution in [-0.2, 0) is 4.79 Å². The van der Waals surface area contributed by atoms with Crippen LogP contribution in [0.15, 0.2) is 0 Å². The molecule has 1 fully saturated rings. The molecule has 1 rings (SSSR count). The highest BCUT2D eigenvalue weighted by molar-refractivity contribution is 5.89. The van der Waals surface area contributed by atoms with E-state index in [0.717, 1.165) is 25.7 Å². The molecule has 0 saturated heterocycles. The Morgan fingerprint density at radius 3 is 2.43 bits per heavy atom. The molecule has 1 saturated carbocycles. The van der Waals surface area contributed by atoms with Crippen molar-refractivity contribution >= 4 is 11.9 Å². The van der Waals surface area contributed by atoms with E-state index >= 15 is 0 Å². The summed E-state index contributed by atoms with van der Waals surface area (Å²) >= 11 is 0. The smallest absolute Gasteiger partial charge is 0.405 e. The summed E-state index contributed by atoms with van der Waals surface area (Å²) in [6.45, 7) is 0.0433. The molecule has 1 amide bonds. The van der Waals surface area contributed by atoms with E-state index in [1.807, 2.05) is 0 Å². The van der Waals surface area contributed by atoms with Gasteiger partial charge in [-0.2, -0.15) is 0 Å². The molecule has 1 aliphatic rings. The largest absolute Gasteiger partial charge is 0.465 e. The maximum Gasteiger partial charge on any atom is 0.405 e. The van der Waals surface area contributed by atoms with E-state index in [9.17, 15) is 9.59 Å². The Kier molecular flexibility index (Phi) is 3.88. The molecule has 0 aromatic heterocycles. The lowest BCUT2D eigenvalue weighted by Gasteiger charge is -2.17. The first-order valence-corrected chi connectivity index (χ1v) is 4.88. The summed E-state index contributed by atoms with van der Waals surface area (Å²) < 4.78 is 0. The molecule has 4 N–H and O–H groups in total. The number of carbonyl (C=O) groups excluding carboxylic acids is 1. The van der Waals surface area contributed by atoms with Gasteiger partial charge in [-0.3, -0.25) is 4.79 Å². The molecule has 1 atom stereocenters. The van der Waals surface area contributed by atoms with Crippen molar-refractivity contribution in [3.63, 3.8) is 0 Å². The Bertz CT molecular complexity index is 224. The van der Waals surface area contributed by atoms with Gasteiger partial charge in [0, 0.05) is 12.5 Å². The third-order valence-corrected chi connectivity index (χ3v) is 2.63. The van der Waals surface area contributed by atoms with Crippen LogP contribution in [0.2, 0.25) is 0 Å². The van der Waals surface area contributed by atoms with Gasteiger partial charge in [0.15, 0.2) is 5.78 Å². The van der Waals surface area contributed by atoms with Gasteiger partial charge in [-0.1, -0.05) is 12.8 Å². The van der Waals surface area contributed by atoms with E-state index in [1.165, 1.54) is 0 Å². The highest BCUT2D eigenvalue weighted by atomic mass is 16.4. The Hall–Kier alpha value is -1.10. The summed E-state index contributed by atoms with van der Waals surface area (Å²) in [7, 11) is 0. The van der Waals surface area contributed by atoms with Crippen molar-refractivity contribution < 1.29 is 14.7 Å². The summed E-state index contributed by atoms with van der Waals surface area (Å²) in [5.74, 6) is -0.0391. The lowest BCUT2D eigenvalue weighted by atomic mass is 9.97. The number of nitrogens with two attached hydrogens (primary N) is 1. The molecule has 0 aromatic carbocycles. The van der Waals surface area contributed by atoms with E-state index in [4.69, 9.17) is 10.8 Å². The number of carboxylic acid groups (broad SMARTS) is 1. The monoisotopic (exact) mass is 200 g/mol. The predicted molar refractivity (Wildman–Crippen MR) is 51.0 cm³/mol. The van der Waals surface area contributed by atoms with Crippen LogP contribution in [0.1, 0.15) is 25.7 Å². The molecule has 0 spiro atoms. The topological polar surface area (TPSA) is 92.4 Å². The van der Waals surface area contributed by atoms with Gasteiger partial charge in [0.05, 0.1) is 0 Å². The van der Waals surface area contributed by atoms with Gasteiger partial charge >= 0.3 is 6.09 Å². The van der Waals surface area contributed by atoms with Crippen LogP contribution in [0.25, 0.3) is 0 Å². The van der Waals surface area contributed by atoms with Crippen molar-refractivity contribution in [1.82, 2.24) is 5.32 Å². The number of rotatable bonds is 4. The second kappa shape index (κ2) is 4.95. The molecular weight excluding hydrogens is 184 g/mol. The third kappa shape index (κ3) is 2.70. The minimum Gasteiger partial charge on any atom is -0.465 e. The molecule has 0 bridgehead atoms. The first-order valence-electron chi connectivity index (χ1n) is 4.88. The minimum atomic E-state index is -1.19. The Labute approximate surface area is 82.7 Å². The van der Waals surface area contributed by atoms with Gasteiger partial charge in [-0.05, 0) is 12.8 Å². The molecule has 0 aliphatic heterocycles. The van der Waals surface area contributed by atoms with Gasteiger partial charge in [-0.25, -0.2) is 4.79 Å². The normalized spacial score (nSPS) is 19.2. The lowest BCUT2D eigenvalue weighted by molar-refractivity contribution is -0.124. The molecule has 5 nitrogen and oxygen atoms in total. The molecule has 1 aliphatic carbocycles. The average molecular weight is 200 g/mol. The van der Waals surface area contributed by atoms with Crippen molar-refractivity contribution in [1.29, 1.82) is 0 Å². The van der Waals surface area contributed by atoms with Crippen molar-refractivity contribution in [3.05, 3.63) is 0 Å². The summed E-state index contributed by atoms with van der Waals surface area (Å²) in [6.07, 6.45) is 2.67. The molecular formula is C9H16N2O3. The van der Waals surface area contributed by atoms with Crippen LogP contribution in [0.3, 0.4) is 0 Å².